The molecule has 0 spiro atoms. The Labute approximate surface area is 88.1 Å². The number of hydrogen-bond donors (Lipinski definition) is 0. The molecule has 0 heteroatoms. The van der Waals surface area contributed by atoms with Gasteiger partial charge in [-0.3, -0.25) is 0 Å². The van der Waals surface area contributed by atoms with Crippen LogP contribution in [0.5, 0.6) is 0 Å². The molecule has 0 saturated heterocycles. The van der Waals surface area contributed by atoms with Crippen molar-refractivity contribution in [1.82, 2.24) is 0 Å². The van der Waals surface area contributed by atoms with Crippen LogP contribution in [0, 0.1) is 16.7 Å². The van der Waals surface area contributed by atoms with Crippen molar-refractivity contribution in [3.05, 3.63) is 24.3 Å². The van der Waals surface area contributed by atoms with Crippen LogP contribution in [0.15, 0.2) is 24.3 Å². The Morgan fingerprint density at radius 1 is 1.14 bits per heavy atom. The van der Waals surface area contributed by atoms with Gasteiger partial charge in [-0.15, -0.1) is 0 Å². The van der Waals surface area contributed by atoms with E-state index in [4.69, 9.17) is 0 Å². The molecule has 3 aliphatic carbocycles. The molecule has 0 saturated carbocycles. The summed E-state index contributed by atoms with van der Waals surface area (Å²) >= 11 is 0. The fraction of sp³-hybridized carbons (Fsp3) is 0.714. The van der Waals surface area contributed by atoms with E-state index in [0.29, 0.717) is 10.8 Å². The minimum atomic E-state index is 0.368. The highest BCUT2D eigenvalue weighted by Gasteiger charge is 2.41. The highest BCUT2D eigenvalue weighted by molar-refractivity contribution is 5.30. The summed E-state index contributed by atoms with van der Waals surface area (Å²) in [5.74, 6) is 0.877. The topological polar surface area (TPSA) is 0 Å². The zero-order valence-corrected chi connectivity index (χ0v) is 9.72. The summed E-state index contributed by atoms with van der Waals surface area (Å²) in [6.07, 6.45) is 15.2. The summed E-state index contributed by atoms with van der Waals surface area (Å²) in [4.78, 5) is 0. The van der Waals surface area contributed by atoms with Crippen LogP contribution in [0.4, 0.5) is 0 Å². The van der Waals surface area contributed by atoms with E-state index in [9.17, 15) is 0 Å². The third kappa shape index (κ3) is 1.55. The first-order valence-electron chi connectivity index (χ1n) is 5.99. The summed E-state index contributed by atoms with van der Waals surface area (Å²) < 4.78 is 0. The second kappa shape index (κ2) is 3.25. The quantitative estimate of drug-likeness (QED) is 0.581. The third-order valence-corrected chi connectivity index (χ3v) is 4.12. The third-order valence-electron chi connectivity index (χ3n) is 4.12. The summed E-state index contributed by atoms with van der Waals surface area (Å²) in [6, 6.07) is 0. The molecule has 14 heavy (non-hydrogen) atoms. The Bertz CT molecular complexity index is 256. The van der Waals surface area contributed by atoms with Crippen LogP contribution in [0.1, 0.15) is 46.5 Å². The van der Waals surface area contributed by atoms with E-state index in [0.717, 1.165) is 5.92 Å². The number of fused-ring (bicyclic) bond motifs is 1. The van der Waals surface area contributed by atoms with Crippen molar-refractivity contribution in [3.63, 3.8) is 0 Å². The molecule has 0 heterocycles. The lowest BCUT2D eigenvalue weighted by molar-refractivity contribution is 0.188. The molecule has 0 radical (unpaired) electrons. The zero-order chi connectivity index (χ0) is 10.2. The Hall–Kier alpha value is -0.520. The van der Waals surface area contributed by atoms with Crippen LogP contribution in [-0.4, -0.2) is 0 Å². The smallest absolute Gasteiger partial charge is 0.00619 e. The average Bonchev–Trinajstić information content (AvgIpc) is 2.17. The summed E-state index contributed by atoms with van der Waals surface area (Å²) in [6.45, 7) is 7.04. The second-order valence-electron chi connectivity index (χ2n) is 5.58. The molecule has 78 valence electrons. The molecule has 0 aromatic carbocycles. The van der Waals surface area contributed by atoms with E-state index in [2.05, 4.69) is 45.1 Å². The highest BCUT2D eigenvalue weighted by atomic mass is 14.5. The van der Waals surface area contributed by atoms with Crippen LogP contribution in [0.3, 0.4) is 0 Å². The molecule has 0 nitrogen and oxygen atoms in total. The van der Waals surface area contributed by atoms with Gasteiger partial charge in [0.25, 0.3) is 0 Å². The number of rotatable bonds is 3. The van der Waals surface area contributed by atoms with Gasteiger partial charge < -0.3 is 0 Å². The van der Waals surface area contributed by atoms with Crippen molar-refractivity contribution >= 4 is 0 Å². The minimum Gasteiger partial charge on any atom is -0.0779 e. The van der Waals surface area contributed by atoms with Crippen LogP contribution in [0.25, 0.3) is 0 Å². The second-order valence-corrected chi connectivity index (χ2v) is 5.58. The number of allylic oxidation sites excluding steroid dienone is 4. The highest BCUT2D eigenvalue weighted by Crippen LogP contribution is 2.52. The number of hydrogen-bond acceptors (Lipinski definition) is 0. The molecule has 2 bridgehead atoms. The molecule has 0 aromatic heterocycles. The minimum absolute atomic E-state index is 0.368. The molecule has 0 fully saturated rings. The molecular weight excluding hydrogens is 168 g/mol. The van der Waals surface area contributed by atoms with Gasteiger partial charge in [-0.05, 0) is 18.8 Å². The van der Waals surface area contributed by atoms with Gasteiger partial charge in [0.15, 0.2) is 0 Å². The largest absolute Gasteiger partial charge is 0.0779 e. The number of unbranched alkanes of at least 4 members (excludes halogenated alkanes) is 1. The van der Waals surface area contributed by atoms with Crippen LogP contribution >= 0.6 is 0 Å². The Morgan fingerprint density at radius 2 is 1.79 bits per heavy atom. The molecule has 0 aliphatic heterocycles. The van der Waals surface area contributed by atoms with Gasteiger partial charge in [0.05, 0.1) is 0 Å². The van der Waals surface area contributed by atoms with Crippen molar-refractivity contribution in [2.75, 3.05) is 0 Å². The maximum Gasteiger partial charge on any atom is 0.00619 e. The molecular formula is C14H22. The standard InChI is InChI=1S/C14H22/c1-4-5-6-12-11-13(2)7-9-14(12,3)10-8-13/h7-10,12H,4-6,11H2,1-3H3. The summed E-state index contributed by atoms with van der Waals surface area (Å²) in [5, 5.41) is 0. The maximum atomic E-state index is 2.44. The molecule has 1 atom stereocenters. The van der Waals surface area contributed by atoms with Crippen molar-refractivity contribution in [2.24, 2.45) is 16.7 Å². The summed E-state index contributed by atoms with van der Waals surface area (Å²) in [7, 11) is 0. The van der Waals surface area contributed by atoms with Crippen molar-refractivity contribution in [1.29, 1.82) is 0 Å². The fourth-order valence-corrected chi connectivity index (χ4v) is 2.87. The SMILES string of the molecule is CCCCC1CC2(C)C=CC1(C)C=C2. The van der Waals surface area contributed by atoms with E-state index >= 15 is 0 Å². The molecule has 0 amide bonds. The zero-order valence-electron chi connectivity index (χ0n) is 9.72. The molecule has 3 rings (SSSR count). The Kier molecular flexibility index (Phi) is 2.33. The predicted octanol–water partition coefficient (Wildman–Crippen LogP) is 4.34. The van der Waals surface area contributed by atoms with Crippen molar-refractivity contribution in [2.45, 2.75) is 46.5 Å². The van der Waals surface area contributed by atoms with Gasteiger partial charge in [0.2, 0.25) is 0 Å². The molecule has 1 unspecified atom stereocenters. The fourth-order valence-electron chi connectivity index (χ4n) is 2.87. The van der Waals surface area contributed by atoms with Gasteiger partial charge >= 0.3 is 0 Å². The first-order valence-corrected chi connectivity index (χ1v) is 5.99. The molecule has 0 aromatic rings. The maximum absolute atomic E-state index is 2.44. The van der Waals surface area contributed by atoms with E-state index in [1.165, 1.54) is 25.7 Å². The normalized spacial score (nSPS) is 44.6. The lowest BCUT2D eigenvalue weighted by Gasteiger charge is -2.47. The van der Waals surface area contributed by atoms with Gasteiger partial charge in [-0.2, -0.15) is 0 Å². The first-order chi connectivity index (χ1) is 6.58. The lowest BCUT2D eigenvalue weighted by Crippen LogP contribution is -2.37. The van der Waals surface area contributed by atoms with Gasteiger partial charge in [-0.25, -0.2) is 0 Å². The lowest BCUT2D eigenvalue weighted by atomic mass is 9.58. The van der Waals surface area contributed by atoms with Crippen LogP contribution < -0.4 is 0 Å². The Morgan fingerprint density at radius 3 is 2.36 bits per heavy atom. The van der Waals surface area contributed by atoms with E-state index in [1.807, 2.05) is 0 Å². The predicted molar refractivity (Wildman–Crippen MR) is 62.1 cm³/mol. The molecule has 0 N–H and O–H groups in total. The summed E-state index contributed by atoms with van der Waals surface area (Å²) in [5.41, 5.74) is 0.739. The van der Waals surface area contributed by atoms with E-state index < -0.39 is 0 Å². The van der Waals surface area contributed by atoms with Crippen LogP contribution in [0.2, 0.25) is 0 Å². The van der Waals surface area contributed by atoms with E-state index in [-0.39, 0.29) is 0 Å². The molecule has 3 aliphatic rings. The van der Waals surface area contributed by atoms with E-state index in [1.54, 1.807) is 0 Å². The van der Waals surface area contributed by atoms with Crippen molar-refractivity contribution in [3.8, 4) is 0 Å². The van der Waals surface area contributed by atoms with Crippen molar-refractivity contribution < 1.29 is 0 Å². The van der Waals surface area contributed by atoms with Gasteiger partial charge in [0, 0.05) is 10.8 Å². The first kappa shape index (κ1) is 10.0. The van der Waals surface area contributed by atoms with Crippen LogP contribution in [-0.2, 0) is 0 Å². The monoisotopic (exact) mass is 190 g/mol. The average molecular weight is 190 g/mol. The van der Waals surface area contributed by atoms with Gasteiger partial charge in [0.1, 0.15) is 0 Å². The Balaban J connectivity index is 2.15. The van der Waals surface area contributed by atoms with Gasteiger partial charge in [-0.1, -0.05) is 57.9 Å².